The minimum atomic E-state index is 0.547. The Kier molecular flexibility index (Phi) is 9.58. The fraction of sp³-hybridized carbons (Fsp3) is 0.562. The van der Waals surface area contributed by atoms with Crippen molar-refractivity contribution in [1.82, 2.24) is 5.32 Å². The lowest BCUT2D eigenvalue weighted by atomic mass is 10.3. The van der Waals surface area contributed by atoms with E-state index in [4.69, 9.17) is 18.9 Å². The molecular weight excluding hydrogens is 298 g/mol. The Hall–Kier alpha value is -1.99. The molecular formula is C16H27N3O4. The predicted molar refractivity (Wildman–Crippen MR) is 91.8 cm³/mol. The number of anilines is 1. The van der Waals surface area contributed by atoms with Gasteiger partial charge in [0.05, 0.1) is 40.6 Å². The van der Waals surface area contributed by atoms with Crippen molar-refractivity contribution < 1.29 is 18.9 Å². The Morgan fingerprint density at radius 1 is 1.04 bits per heavy atom. The number of benzene rings is 1. The van der Waals surface area contributed by atoms with E-state index < -0.39 is 0 Å². The quantitative estimate of drug-likeness (QED) is 0.388. The average Bonchev–Trinajstić information content (AvgIpc) is 2.57. The zero-order chi connectivity index (χ0) is 16.9. The third-order valence-electron chi connectivity index (χ3n) is 2.93. The lowest BCUT2D eigenvalue weighted by Gasteiger charge is -2.13. The highest BCUT2D eigenvalue weighted by atomic mass is 16.5. The molecule has 23 heavy (non-hydrogen) atoms. The molecule has 2 N–H and O–H groups in total. The van der Waals surface area contributed by atoms with E-state index >= 15 is 0 Å². The molecule has 0 aliphatic carbocycles. The summed E-state index contributed by atoms with van der Waals surface area (Å²) >= 11 is 0. The summed E-state index contributed by atoms with van der Waals surface area (Å²) in [5.41, 5.74) is 0.864. The lowest BCUT2D eigenvalue weighted by Crippen LogP contribution is -2.31. The second-order valence-corrected chi connectivity index (χ2v) is 4.56. The third kappa shape index (κ3) is 7.21. The van der Waals surface area contributed by atoms with Gasteiger partial charge in [0, 0.05) is 25.4 Å². The highest BCUT2D eigenvalue weighted by molar-refractivity contribution is 5.93. The number of aliphatic imine (C=N–C) groups is 1. The molecule has 7 heteroatoms. The Morgan fingerprint density at radius 3 is 2.48 bits per heavy atom. The van der Waals surface area contributed by atoms with Crippen LogP contribution in [0.25, 0.3) is 0 Å². The first-order chi connectivity index (χ1) is 11.2. The van der Waals surface area contributed by atoms with Crippen molar-refractivity contribution in [3.05, 3.63) is 18.2 Å². The zero-order valence-corrected chi connectivity index (χ0v) is 14.3. The fourth-order valence-electron chi connectivity index (χ4n) is 1.82. The lowest BCUT2D eigenvalue weighted by molar-refractivity contribution is 0.0748. The number of hydrogen-bond donors (Lipinski definition) is 2. The Bertz CT molecular complexity index is 480. The van der Waals surface area contributed by atoms with Crippen LogP contribution in [0.15, 0.2) is 23.2 Å². The molecule has 0 bridgehead atoms. The average molecular weight is 325 g/mol. The van der Waals surface area contributed by atoms with E-state index in [1.165, 1.54) is 0 Å². The smallest absolute Gasteiger partial charge is 0.195 e. The van der Waals surface area contributed by atoms with E-state index in [0.717, 1.165) is 12.2 Å². The van der Waals surface area contributed by atoms with Gasteiger partial charge in [-0.25, -0.2) is 0 Å². The molecule has 0 saturated carbocycles. The van der Waals surface area contributed by atoms with E-state index in [2.05, 4.69) is 15.6 Å². The number of hydrogen-bond acceptors (Lipinski definition) is 5. The molecule has 0 saturated heterocycles. The molecule has 0 amide bonds. The van der Waals surface area contributed by atoms with Gasteiger partial charge in [-0.2, -0.15) is 0 Å². The maximum Gasteiger partial charge on any atom is 0.195 e. The van der Waals surface area contributed by atoms with Crippen molar-refractivity contribution >= 4 is 11.6 Å². The van der Waals surface area contributed by atoms with Gasteiger partial charge in [0.1, 0.15) is 0 Å². The number of methoxy groups -OCH3 is 3. The van der Waals surface area contributed by atoms with Crippen LogP contribution in [0.2, 0.25) is 0 Å². The number of nitrogens with one attached hydrogen (secondary N) is 2. The van der Waals surface area contributed by atoms with E-state index in [9.17, 15) is 0 Å². The summed E-state index contributed by atoms with van der Waals surface area (Å²) in [5, 5.41) is 6.42. The topological polar surface area (TPSA) is 73.3 Å². The summed E-state index contributed by atoms with van der Waals surface area (Å²) in [6, 6.07) is 5.61. The van der Waals surface area contributed by atoms with Crippen LogP contribution >= 0.6 is 0 Å². The number of nitrogens with zero attached hydrogens (tertiary/aromatic N) is 1. The molecule has 1 rings (SSSR count). The summed E-state index contributed by atoms with van der Waals surface area (Å²) in [4.78, 5) is 4.46. The molecule has 0 spiro atoms. The van der Waals surface area contributed by atoms with Crippen molar-refractivity contribution in [3.63, 3.8) is 0 Å². The van der Waals surface area contributed by atoms with Crippen molar-refractivity contribution in [3.8, 4) is 11.5 Å². The first kappa shape index (κ1) is 19.1. The molecule has 0 atom stereocenters. The van der Waals surface area contributed by atoms with Gasteiger partial charge in [0.25, 0.3) is 0 Å². The molecule has 0 aromatic heterocycles. The van der Waals surface area contributed by atoms with Crippen LogP contribution in [0.4, 0.5) is 5.69 Å². The normalized spacial score (nSPS) is 11.2. The van der Waals surface area contributed by atoms with Crippen molar-refractivity contribution in [2.24, 2.45) is 4.99 Å². The van der Waals surface area contributed by atoms with Crippen LogP contribution in [0, 0.1) is 0 Å². The Morgan fingerprint density at radius 2 is 1.83 bits per heavy atom. The minimum absolute atomic E-state index is 0.547. The molecule has 0 heterocycles. The van der Waals surface area contributed by atoms with Crippen molar-refractivity contribution in [2.75, 3.05) is 59.6 Å². The molecule has 7 nitrogen and oxygen atoms in total. The minimum Gasteiger partial charge on any atom is -0.493 e. The highest BCUT2D eigenvalue weighted by Gasteiger charge is 2.06. The SMILES string of the molecule is CCNC(=NCCOCCOC)Nc1ccc(OC)c(OC)c1. The third-order valence-corrected chi connectivity index (χ3v) is 2.93. The molecule has 1 aromatic rings. The zero-order valence-electron chi connectivity index (χ0n) is 14.3. The van der Waals surface area contributed by atoms with E-state index in [0.29, 0.717) is 43.8 Å². The number of rotatable bonds is 10. The first-order valence-electron chi connectivity index (χ1n) is 7.59. The molecule has 0 aliphatic rings. The summed E-state index contributed by atoms with van der Waals surface area (Å²) in [7, 11) is 4.87. The van der Waals surface area contributed by atoms with Crippen molar-refractivity contribution in [2.45, 2.75) is 6.92 Å². The summed E-state index contributed by atoms with van der Waals surface area (Å²) < 4.78 is 20.8. The largest absolute Gasteiger partial charge is 0.493 e. The number of guanidine groups is 1. The Balaban J connectivity index is 2.60. The molecule has 1 aromatic carbocycles. The van der Waals surface area contributed by atoms with Gasteiger partial charge in [-0.05, 0) is 19.1 Å². The van der Waals surface area contributed by atoms with Crippen molar-refractivity contribution in [1.29, 1.82) is 0 Å². The van der Waals surface area contributed by atoms with Gasteiger partial charge >= 0.3 is 0 Å². The molecule has 0 fully saturated rings. The van der Waals surface area contributed by atoms with Gasteiger partial charge in [-0.1, -0.05) is 0 Å². The predicted octanol–water partition coefficient (Wildman–Crippen LogP) is 1.74. The first-order valence-corrected chi connectivity index (χ1v) is 7.59. The number of ether oxygens (including phenoxy) is 4. The van der Waals surface area contributed by atoms with Gasteiger partial charge in [0.2, 0.25) is 0 Å². The van der Waals surface area contributed by atoms with Crippen LogP contribution in [0.3, 0.4) is 0 Å². The summed E-state index contributed by atoms with van der Waals surface area (Å²) in [6.45, 7) is 5.06. The van der Waals surface area contributed by atoms with Crippen LogP contribution in [-0.4, -0.2) is 60.2 Å². The maximum atomic E-state index is 5.40. The highest BCUT2D eigenvalue weighted by Crippen LogP contribution is 2.29. The van der Waals surface area contributed by atoms with Gasteiger partial charge in [-0.3, -0.25) is 4.99 Å². The molecule has 130 valence electrons. The van der Waals surface area contributed by atoms with E-state index in [-0.39, 0.29) is 0 Å². The van der Waals surface area contributed by atoms with Crippen LogP contribution in [0.1, 0.15) is 6.92 Å². The molecule has 0 aliphatic heterocycles. The second-order valence-electron chi connectivity index (χ2n) is 4.56. The molecule has 0 unspecified atom stereocenters. The molecule has 0 radical (unpaired) electrons. The standard InChI is InChI=1S/C16H27N3O4/c1-5-17-16(18-8-9-23-11-10-20-2)19-13-6-7-14(21-3)15(12-13)22-4/h6-7,12H,5,8-11H2,1-4H3,(H2,17,18,19). The summed E-state index contributed by atoms with van der Waals surface area (Å²) in [6.07, 6.45) is 0. The van der Waals surface area contributed by atoms with Crippen LogP contribution in [-0.2, 0) is 9.47 Å². The fourth-order valence-corrected chi connectivity index (χ4v) is 1.82. The van der Waals surface area contributed by atoms with E-state index in [1.54, 1.807) is 21.3 Å². The van der Waals surface area contributed by atoms with Gasteiger partial charge in [0.15, 0.2) is 17.5 Å². The van der Waals surface area contributed by atoms with Gasteiger partial charge in [-0.15, -0.1) is 0 Å². The maximum absolute atomic E-state index is 5.40. The van der Waals surface area contributed by atoms with Crippen LogP contribution in [0.5, 0.6) is 11.5 Å². The van der Waals surface area contributed by atoms with E-state index in [1.807, 2.05) is 25.1 Å². The van der Waals surface area contributed by atoms with Crippen LogP contribution < -0.4 is 20.1 Å². The monoisotopic (exact) mass is 325 g/mol. The van der Waals surface area contributed by atoms with Gasteiger partial charge < -0.3 is 29.6 Å². The summed E-state index contributed by atoms with van der Waals surface area (Å²) in [5.74, 6) is 2.04. The Labute approximate surface area is 138 Å². The second kappa shape index (κ2) is 11.6.